The first-order chi connectivity index (χ1) is 9.27. The van der Waals surface area contributed by atoms with Gasteiger partial charge in [-0.3, -0.25) is 9.59 Å². The predicted octanol–water partition coefficient (Wildman–Crippen LogP) is 3.08. The molecule has 0 aromatic heterocycles. The Labute approximate surface area is 120 Å². The van der Waals surface area contributed by atoms with Gasteiger partial charge < -0.3 is 10.0 Å². The molecule has 0 aliphatic rings. The Morgan fingerprint density at radius 2 is 1.70 bits per heavy atom. The van der Waals surface area contributed by atoms with Gasteiger partial charge in [-0.25, -0.2) is 0 Å². The Balaban J connectivity index is 3.25. The Morgan fingerprint density at radius 3 is 2.10 bits per heavy atom. The minimum absolute atomic E-state index is 0.0480. The van der Waals surface area contributed by atoms with Gasteiger partial charge in [-0.2, -0.15) is 0 Å². The topological polar surface area (TPSA) is 57.6 Å². The second-order valence-electron chi connectivity index (χ2n) is 5.34. The van der Waals surface area contributed by atoms with Crippen LogP contribution in [0.1, 0.15) is 37.0 Å². The molecule has 0 radical (unpaired) electrons. The van der Waals surface area contributed by atoms with Crippen molar-refractivity contribution in [2.45, 2.75) is 41.0 Å². The predicted molar refractivity (Wildman–Crippen MR) is 80.1 cm³/mol. The number of carbonyl (C=O) groups is 2. The average Bonchev–Trinajstić information content (AvgIpc) is 2.35. The maximum absolute atomic E-state index is 12.2. The minimum atomic E-state index is -0.888. The molecule has 0 aliphatic carbocycles. The molecule has 1 atom stereocenters. The van der Waals surface area contributed by atoms with Gasteiger partial charge in [0.25, 0.3) is 0 Å². The SMILES string of the molecule is CCC(=O)N(CC(C)C(=O)O)c1c(C)cc(C)cc1C. The maximum atomic E-state index is 12.2. The number of aryl methyl sites for hydroxylation is 3. The van der Waals surface area contributed by atoms with Crippen LogP contribution in [0.3, 0.4) is 0 Å². The molecule has 1 unspecified atom stereocenters. The smallest absolute Gasteiger partial charge is 0.308 e. The largest absolute Gasteiger partial charge is 0.481 e. The fraction of sp³-hybridized carbons (Fsp3) is 0.500. The Hall–Kier alpha value is -1.84. The molecule has 20 heavy (non-hydrogen) atoms. The monoisotopic (exact) mass is 277 g/mol. The van der Waals surface area contributed by atoms with Crippen molar-refractivity contribution >= 4 is 17.6 Å². The van der Waals surface area contributed by atoms with Crippen molar-refractivity contribution in [2.24, 2.45) is 5.92 Å². The number of carbonyl (C=O) groups excluding carboxylic acids is 1. The molecule has 0 fully saturated rings. The molecule has 0 saturated carbocycles. The van der Waals surface area contributed by atoms with E-state index in [0.717, 1.165) is 22.4 Å². The van der Waals surface area contributed by atoms with Gasteiger partial charge in [0.15, 0.2) is 0 Å². The number of amides is 1. The molecule has 1 N–H and O–H groups in total. The van der Waals surface area contributed by atoms with Crippen LogP contribution in [0, 0.1) is 26.7 Å². The quantitative estimate of drug-likeness (QED) is 0.899. The molecule has 0 heterocycles. The van der Waals surface area contributed by atoms with Crippen LogP contribution in [0.5, 0.6) is 0 Å². The summed E-state index contributed by atoms with van der Waals surface area (Å²) in [5, 5.41) is 9.08. The highest BCUT2D eigenvalue weighted by molar-refractivity contribution is 5.95. The van der Waals surface area contributed by atoms with Crippen molar-refractivity contribution in [3.8, 4) is 0 Å². The van der Waals surface area contributed by atoms with Gasteiger partial charge >= 0.3 is 5.97 Å². The third kappa shape index (κ3) is 3.59. The Bertz CT molecular complexity index is 499. The van der Waals surface area contributed by atoms with E-state index >= 15 is 0 Å². The van der Waals surface area contributed by atoms with Crippen LogP contribution in [0.15, 0.2) is 12.1 Å². The van der Waals surface area contributed by atoms with Crippen molar-refractivity contribution in [3.05, 3.63) is 28.8 Å². The average molecular weight is 277 g/mol. The molecule has 4 heteroatoms. The molecule has 0 spiro atoms. The van der Waals surface area contributed by atoms with Crippen LogP contribution in [0.4, 0.5) is 5.69 Å². The third-order valence-electron chi connectivity index (χ3n) is 3.39. The number of aliphatic carboxylic acids is 1. The Morgan fingerprint density at radius 1 is 1.20 bits per heavy atom. The van der Waals surface area contributed by atoms with Gasteiger partial charge in [0.1, 0.15) is 0 Å². The maximum Gasteiger partial charge on any atom is 0.308 e. The summed E-state index contributed by atoms with van der Waals surface area (Å²) >= 11 is 0. The molecule has 4 nitrogen and oxygen atoms in total. The van der Waals surface area contributed by atoms with Gasteiger partial charge in [-0.1, -0.05) is 31.5 Å². The fourth-order valence-electron chi connectivity index (χ4n) is 2.46. The number of nitrogens with zero attached hydrogens (tertiary/aromatic N) is 1. The van der Waals surface area contributed by atoms with Crippen LogP contribution in [-0.4, -0.2) is 23.5 Å². The molecule has 1 rings (SSSR count). The van der Waals surface area contributed by atoms with Gasteiger partial charge in [0.2, 0.25) is 5.91 Å². The highest BCUT2D eigenvalue weighted by Gasteiger charge is 2.23. The molecule has 1 amide bonds. The summed E-state index contributed by atoms with van der Waals surface area (Å²) in [4.78, 5) is 24.9. The number of carboxylic acid groups (broad SMARTS) is 1. The van der Waals surface area contributed by atoms with E-state index in [1.165, 1.54) is 0 Å². The van der Waals surface area contributed by atoms with E-state index in [1.54, 1.807) is 18.7 Å². The van der Waals surface area contributed by atoms with Crippen LogP contribution in [-0.2, 0) is 9.59 Å². The van der Waals surface area contributed by atoms with Crippen molar-refractivity contribution in [2.75, 3.05) is 11.4 Å². The lowest BCUT2D eigenvalue weighted by atomic mass is 10.0. The molecule has 1 aromatic rings. The summed E-state index contributed by atoms with van der Waals surface area (Å²) < 4.78 is 0. The van der Waals surface area contributed by atoms with Gasteiger partial charge in [0.05, 0.1) is 5.92 Å². The van der Waals surface area contributed by atoms with E-state index in [1.807, 2.05) is 32.9 Å². The van der Waals surface area contributed by atoms with Crippen LogP contribution < -0.4 is 4.90 Å². The fourth-order valence-corrected chi connectivity index (χ4v) is 2.46. The highest BCUT2D eigenvalue weighted by atomic mass is 16.4. The van der Waals surface area contributed by atoms with Crippen molar-refractivity contribution in [1.29, 1.82) is 0 Å². The summed E-state index contributed by atoms with van der Waals surface area (Å²) in [5.41, 5.74) is 3.98. The first-order valence-corrected chi connectivity index (χ1v) is 6.88. The highest BCUT2D eigenvalue weighted by Crippen LogP contribution is 2.27. The molecule has 110 valence electrons. The minimum Gasteiger partial charge on any atom is -0.481 e. The first kappa shape index (κ1) is 16.2. The molecule has 0 bridgehead atoms. The zero-order valence-corrected chi connectivity index (χ0v) is 12.9. The number of benzene rings is 1. The molecular weight excluding hydrogens is 254 g/mol. The normalized spacial score (nSPS) is 12.1. The number of anilines is 1. The summed E-state index contributed by atoms with van der Waals surface area (Å²) in [6.07, 6.45) is 0.360. The standard InChI is InChI=1S/C16H23NO3/c1-6-14(18)17(9-13(5)16(19)20)15-11(3)7-10(2)8-12(15)4/h7-8,13H,6,9H2,1-5H3,(H,19,20). The van der Waals surface area contributed by atoms with E-state index in [0.29, 0.717) is 6.42 Å². The molecule has 0 saturated heterocycles. The van der Waals surface area contributed by atoms with Crippen molar-refractivity contribution < 1.29 is 14.7 Å². The lowest BCUT2D eigenvalue weighted by Gasteiger charge is -2.28. The van der Waals surface area contributed by atoms with Gasteiger partial charge in [-0.05, 0) is 31.9 Å². The molecule has 1 aromatic carbocycles. The summed E-state index contributed by atoms with van der Waals surface area (Å²) in [7, 11) is 0. The number of carboxylic acids is 1. The molecule has 0 aliphatic heterocycles. The van der Waals surface area contributed by atoms with Gasteiger partial charge in [-0.15, -0.1) is 0 Å². The number of rotatable bonds is 5. The van der Waals surface area contributed by atoms with Crippen LogP contribution in [0.25, 0.3) is 0 Å². The first-order valence-electron chi connectivity index (χ1n) is 6.88. The second kappa shape index (κ2) is 6.55. The van der Waals surface area contributed by atoms with E-state index < -0.39 is 11.9 Å². The second-order valence-corrected chi connectivity index (χ2v) is 5.34. The number of hydrogen-bond donors (Lipinski definition) is 1. The van der Waals surface area contributed by atoms with E-state index in [9.17, 15) is 9.59 Å². The van der Waals surface area contributed by atoms with Crippen molar-refractivity contribution in [1.82, 2.24) is 0 Å². The summed E-state index contributed by atoms with van der Waals surface area (Å²) in [6.45, 7) is 9.53. The van der Waals surface area contributed by atoms with Crippen molar-refractivity contribution in [3.63, 3.8) is 0 Å². The third-order valence-corrected chi connectivity index (χ3v) is 3.39. The van der Waals surface area contributed by atoms with Crippen LogP contribution >= 0.6 is 0 Å². The Kier molecular flexibility index (Phi) is 5.31. The lowest BCUT2D eigenvalue weighted by molar-refractivity contribution is -0.140. The lowest BCUT2D eigenvalue weighted by Crippen LogP contribution is -2.37. The number of hydrogen-bond acceptors (Lipinski definition) is 2. The van der Waals surface area contributed by atoms with E-state index in [2.05, 4.69) is 0 Å². The van der Waals surface area contributed by atoms with E-state index in [4.69, 9.17) is 5.11 Å². The molecular formula is C16H23NO3. The summed E-state index contributed by atoms with van der Waals surface area (Å²) in [5.74, 6) is -1.53. The van der Waals surface area contributed by atoms with Crippen LogP contribution in [0.2, 0.25) is 0 Å². The van der Waals surface area contributed by atoms with E-state index in [-0.39, 0.29) is 12.5 Å². The zero-order valence-electron chi connectivity index (χ0n) is 12.9. The zero-order chi connectivity index (χ0) is 15.4. The van der Waals surface area contributed by atoms with Gasteiger partial charge in [0, 0.05) is 18.7 Å². The summed E-state index contributed by atoms with van der Waals surface area (Å²) in [6, 6.07) is 4.04.